The second-order valence-corrected chi connectivity index (χ2v) is 5.18. The van der Waals surface area contributed by atoms with Gasteiger partial charge in [0.25, 0.3) is 0 Å². The third kappa shape index (κ3) is 2.23. The molecule has 1 aromatic heterocycles. The highest BCUT2D eigenvalue weighted by atomic mass is 32.1. The Kier molecular flexibility index (Phi) is 3.25. The Morgan fingerprint density at radius 1 is 1.33 bits per heavy atom. The molecule has 18 heavy (non-hydrogen) atoms. The van der Waals surface area contributed by atoms with Crippen molar-refractivity contribution < 1.29 is 9.53 Å². The number of carbonyl (C=O) groups excluding carboxylic acids is 1. The van der Waals surface area contributed by atoms with Crippen molar-refractivity contribution in [3.05, 3.63) is 24.3 Å². The second-order valence-electron chi connectivity index (χ2n) is 4.40. The van der Waals surface area contributed by atoms with E-state index in [1.165, 1.54) is 11.5 Å². The number of anilines is 1. The monoisotopic (exact) mass is 262 g/mol. The Bertz CT molecular complexity index is 561. The van der Waals surface area contributed by atoms with Crippen LogP contribution in [0.3, 0.4) is 0 Å². The van der Waals surface area contributed by atoms with Crippen molar-refractivity contribution in [3.8, 4) is 0 Å². The van der Waals surface area contributed by atoms with Crippen LogP contribution >= 0.6 is 11.5 Å². The summed E-state index contributed by atoms with van der Waals surface area (Å²) in [6, 6.07) is 7.85. The lowest BCUT2D eigenvalue weighted by atomic mass is 9.99. The van der Waals surface area contributed by atoms with Crippen LogP contribution in [-0.2, 0) is 9.53 Å². The smallest absolute Gasteiger partial charge is 0.228 e. The van der Waals surface area contributed by atoms with Gasteiger partial charge in [-0.05, 0) is 36.5 Å². The predicted molar refractivity (Wildman–Crippen MR) is 71.8 cm³/mol. The Morgan fingerprint density at radius 3 is 2.94 bits per heavy atom. The molecule has 1 saturated heterocycles. The highest BCUT2D eigenvalue weighted by molar-refractivity contribution is 7.12. The number of carbonyl (C=O) groups is 1. The molecule has 0 bridgehead atoms. The zero-order valence-electron chi connectivity index (χ0n) is 9.89. The number of aromatic nitrogens is 1. The molecule has 0 saturated carbocycles. The van der Waals surface area contributed by atoms with Crippen LogP contribution in [0.4, 0.5) is 5.00 Å². The van der Waals surface area contributed by atoms with E-state index in [-0.39, 0.29) is 11.8 Å². The third-order valence-corrected chi connectivity index (χ3v) is 4.01. The first-order chi connectivity index (χ1) is 8.84. The van der Waals surface area contributed by atoms with Crippen molar-refractivity contribution >= 4 is 33.3 Å². The normalized spacial score (nSPS) is 16.9. The van der Waals surface area contributed by atoms with Gasteiger partial charge in [-0.1, -0.05) is 12.1 Å². The predicted octanol–water partition coefficient (Wildman–Crippen LogP) is 2.66. The topological polar surface area (TPSA) is 51.2 Å². The van der Waals surface area contributed by atoms with Crippen molar-refractivity contribution in [1.29, 1.82) is 0 Å². The Morgan fingerprint density at radius 2 is 2.11 bits per heavy atom. The Balaban J connectivity index is 1.77. The van der Waals surface area contributed by atoms with E-state index in [1.807, 2.05) is 24.3 Å². The average molecular weight is 262 g/mol. The van der Waals surface area contributed by atoms with E-state index in [2.05, 4.69) is 9.69 Å². The number of amides is 1. The molecule has 5 heteroatoms. The largest absolute Gasteiger partial charge is 0.381 e. The van der Waals surface area contributed by atoms with Gasteiger partial charge < -0.3 is 10.1 Å². The number of nitrogens with zero attached hydrogens (tertiary/aromatic N) is 1. The number of ether oxygens (including phenoxy) is 1. The summed E-state index contributed by atoms with van der Waals surface area (Å²) in [6.07, 6.45) is 1.62. The Hall–Kier alpha value is -1.46. The van der Waals surface area contributed by atoms with Gasteiger partial charge in [-0.15, -0.1) is 0 Å². The fourth-order valence-corrected chi connectivity index (χ4v) is 2.92. The van der Waals surface area contributed by atoms with Gasteiger partial charge in [-0.25, -0.2) is 0 Å². The van der Waals surface area contributed by atoms with Gasteiger partial charge >= 0.3 is 0 Å². The highest BCUT2D eigenvalue weighted by Crippen LogP contribution is 2.28. The third-order valence-electron chi connectivity index (χ3n) is 3.21. The van der Waals surface area contributed by atoms with Crippen molar-refractivity contribution in [2.75, 3.05) is 18.5 Å². The summed E-state index contributed by atoms with van der Waals surface area (Å²) >= 11 is 1.34. The van der Waals surface area contributed by atoms with Crippen LogP contribution in [0.15, 0.2) is 24.3 Å². The van der Waals surface area contributed by atoms with Crippen molar-refractivity contribution in [1.82, 2.24) is 4.37 Å². The maximum absolute atomic E-state index is 12.1. The van der Waals surface area contributed by atoms with E-state index >= 15 is 0 Å². The fraction of sp³-hybridized carbons (Fsp3) is 0.385. The van der Waals surface area contributed by atoms with E-state index in [9.17, 15) is 4.79 Å². The molecular formula is C13H14N2O2S. The highest BCUT2D eigenvalue weighted by Gasteiger charge is 2.22. The molecule has 1 aromatic carbocycles. The maximum Gasteiger partial charge on any atom is 0.228 e. The summed E-state index contributed by atoms with van der Waals surface area (Å²) in [5, 5.41) is 4.86. The van der Waals surface area contributed by atoms with Crippen LogP contribution in [0.2, 0.25) is 0 Å². The SMILES string of the molecule is O=C(Nc1snc2ccccc12)C1CCOCC1. The summed E-state index contributed by atoms with van der Waals surface area (Å²) in [6.45, 7) is 1.36. The average Bonchev–Trinajstić information content (AvgIpc) is 2.83. The maximum atomic E-state index is 12.1. The quantitative estimate of drug-likeness (QED) is 0.905. The van der Waals surface area contributed by atoms with Crippen molar-refractivity contribution in [2.24, 2.45) is 5.92 Å². The Labute approximate surface area is 109 Å². The zero-order chi connectivity index (χ0) is 12.4. The molecule has 1 fully saturated rings. The minimum absolute atomic E-state index is 0.0691. The van der Waals surface area contributed by atoms with Crippen LogP contribution in [0.5, 0.6) is 0 Å². The number of nitrogens with one attached hydrogen (secondary N) is 1. The molecule has 2 aromatic rings. The standard InChI is InChI=1S/C13H14N2O2S/c16-12(9-5-7-17-8-6-9)14-13-10-3-1-2-4-11(10)15-18-13/h1-4,9H,5-8H2,(H,14,16). The summed E-state index contributed by atoms with van der Waals surface area (Å²) in [5.74, 6) is 0.160. The van der Waals surface area contributed by atoms with Gasteiger partial charge in [0.1, 0.15) is 5.00 Å². The van der Waals surface area contributed by atoms with E-state index in [0.717, 1.165) is 28.7 Å². The molecule has 0 unspecified atom stereocenters. The molecule has 1 aliphatic heterocycles. The zero-order valence-corrected chi connectivity index (χ0v) is 10.7. The van der Waals surface area contributed by atoms with Crippen LogP contribution in [-0.4, -0.2) is 23.5 Å². The number of hydrogen-bond donors (Lipinski definition) is 1. The van der Waals surface area contributed by atoms with Gasteiger partial charge in [0, 0.05) is 24.5 Å². The first-order valence-electron chi connectivity index (χ1n) is 6.07. The number of hydrogen-bond acceptors (Lipinski definition) is 4. The van der Waals surface area contributed by atoms with Gasteiger partial charge in [-0.2, -0.15) is 4.37 Å². The minimum Gasteiger partial charge on any atom is -0.381 e. The number of rotatable bonds is 2. The van der Waals surface area contributed by atoms with Gasteiger partial charge in [0.2, 0.25) is 5.91 Å². The molecule has 94 valence electrons. The van der Waals surface area contributed by atoms with Gasteiger partial charge in [0.15, 0.2) is 0 Å². The van der Waals surface area contributed by atoms with E-state index < -0.39 is 0 Å². The lowest BCUT2D eigenvalue weighted by Crippen LogP contribution is -2.28. The lowest BCUT2D eigenvalue weighted by molar-refractivity contribution is -0.122. The molecule has 0 radical (unpaired) electrons. The number of fused-ring (bicyclic) bond motifs is 1. The molecule has 0 aliphatic carbocycles. The van der Waals surface area contributed by atoms with Gasteiger partial charge in [-0.3, -0.25) is 4.79 Å². The molecule has 1 amide bonds. The van der Waals surface area contributed by atoms with E-state index in [0.29, 0.717) is 13.2 Å². The summed E-state index contributed by atoms with van der Waals surface area (Å²) < 4.78 is 9.58. The molecule has 2 heterocycles. The molecule has 3 rings (SSSR count). The molecule has 1 N–H and O–H groups in total. The number of benzene rings is 1. The first kappa shape index (κ1) is 11.6. The molecule has 0 atom stereocenters. The summed E-state index contributed by atoms with van der Waals surface area (Å²) in [4.78, 5) is 12.1. The van der Waals surface area contributed by atoms with Crippen LogP contribution in [0, 0.1) is 5.92 Å². The summed E-state index contributed by atoms with van der Waals surface area (Å²) in [7, 11) is 0. The lowest BCUT2D eigenvalue weighted by Gasteiger charge is -2.20. The van der Waals surface area contributed by atoms with Gasteiger partial charge in [0.05, 0.1) is 5.52 Å². The fourth-order valence-electron chi connectivity index (χ4n) is 2.15. The molecular weight excluding hydrogens is 248 g/mol. The van der Waals surface area contributed by atoms with E-state index in [1.54, 1.807) is 0 Å². The van der Waals surface area contributed by atoms with Crippen LogP contribution < -0.4 is 5.32 Å². The summed E-state index contributed by atoms with van der Waals surface area (Å²) in [5.41, 5.74) is 0.935. The van der Waals surface area contributed by atoms with Crippen molar-refractivity contribution in [2.45, 2.75) is 12.8 Å². The van der Waals surface area contributed by atoms with Crippen molar-refractivity contribution in [3.63, 3.8) is 0 Å². The first-order valence-corrected chi connectivity index (χ1v) is 6.85. The molecule has 4 nitrogen and oxygen atoms in total. The molecule has 1 aliphatic rings. The minimum atomic E-state index is 0.0691. The van der Waals surface area contributed by atoms with Crippen LogP contribution in [0.1, 0.15) is 12.8 Å². The van der Waals surface area contributed by atoms with E-state index in [4.69, 9.17) is 4.74 Å². The van der Waals surface area contributed by atoms with Crippen LogP contribution in [0.25, 0.3) is 10.9 Å². The second kappa shape index (κ2) is 5.04. The molecule has 0 spiro atoms.